The second kappa shape index (κ2) is 8.46. The van der Waals surface area contributed by atoms with Gasteiger partial charge in [-0.05, 0) is 49.6 Å². The molecule has 148 valence electrons. The van der Waals surface area contributed by atoms with Gasteiger partial charge >= 0.3 is 0 Å². The van der Waals surface area contributed by atoms with Gasteiger partial charge in [0, 0.05) is 17.8 Å². The van der Waals surface area contributed by atoms with E-state index in [0.29, 0.717) is 23.0 Å². The largest absolute Gasteiger partial charge is 0.302 e. The highest BCUT2D eigenvalue weighted by atomic mass is 32.2. The quantitative estimate of drug-likeness (QED) is 0.427. The molecule has 10 heteroatoms. The summed E-state index contributed by atoms with van der Waals surface area (Å²) >= 11 is 2.96. The Balaban J connectivity index is 1.74. The summed E-state index contributed by atoms with van der Waals surface area (Å²) in [6, 6.07) is 10.4. The molecule has 0 unspecified atom stereocenters. The zero-order valence-corrected chi connectivity index (χ0v) is 18.1. The van der Waals surface area contributed by atoms with Crippen LogP contribution in [0.25, 0.3) is 10.7 Å². The molecule has 0 fully saturated rings. The first kappa shape index (κ1) is 20.6. The van der Waals surface area contributed by atoms with Gasteiger partial charge in [0.2, 0.25) is 10.0 Å². The number of anilines is 1. The van der Waals surface area contributed by atoms with Crippen LogP contribution in [0.15, 0.2) is 46.9 Å². The van der Waals surface area contributed by atoms with Crippen molar-refractivity contribution in [3.63, 3.8) is 0 Å². The predicted molar refractivity (Wildman–Crippen MR) is 114 cm³/mol. The van der Waals surface area contributed by atoms with E-state index in [4.69, 9.17) is 0 Å². The molecule has 0 spiro atoms. The highest BCUT2D eigenvalue weighted by Gasteiger charge is 2.21. The number of carbonyl (C=O) groups excluding carboxylic acids is 1. The standard InChI is InChI=1S/C18H20N4O3S3/c1-4-22-17(15-6-5-11-26-15)19-20-18(22)27-12(2)16(23)13-7-9-14(10-8-13)21-28(3,24)25/h5-12,21H,4H2,1-3H3/t12-/m0/s1. The molecule has 1 N–H and O–H groups in total. The van der Waals surface area contributed by atoms with Crippen molar-refractivity contribution in [3.8, 4) is 10.7 Å². The van der Waals surface area contributed by atoms with Crippen molar-refractivity contribution in [1.29, 1.82) is 0 Å². The van der Waals surface area contributed by atoms with E-state index in [1.54, 1.807) is 35.6 Å². The zero-order chi connectivity index (χ0) is 20.3. The van der Waals surface area contributed by atoms with Crippen LogP contribution in [-0.2, 0) is 16.6 Å². The maximum Gasteiger partial charge on any atom is 0.229 e. The summed E-state index contributed by atoms with van der Waals surface area (Å²) < 4.78 is 26.9. The number of sulfonamides is 1. The minimum atomic E-state index is -3.35. The van der Waals surface area contributed by atoms with Gasteiger partial charge in [0.25, 0.3) is 0 Å². The second-order valence-electron chi connectivity index (χ2n) is 6.10. The number of hydrogen-bond acceptors (Lipinski definition) is 7. The Morgan fingerprint density at radius 3 is 2.54 bits per heavy atom. The van der Waals surface area contributed by atoms with Crippen molar-refractivity contribution >= 4 is 44.6 Å². The number of Topliss-reactive ketones (excluding diaryl/α,β-unsaturated/α-hetero) is 1. The molecule has 0 aliphatic rings. The van der Waals surface area contributed by atoms with Crippen LogP contribution in [0.2, 0.25) is 0 Å². The molecule has 28 heavy (non-hydrogen) atoms. The Kier molecular flexibility index (Phi) is 6.21. The number of hydrogen-bond donors (Lipinski definition) is 1. The summed E-state index contributed by atoms with van der Waals surface area (Å²) in [4.78, 5) is 13.8. The molecular formula is C18H20N4O3S3. The van der Waals surface area contributed by atoms with Crippen LogP contribution in [0, 0.1) is 0 Å². The number of ketones is 1. The average molecular weight is 437 g/mol. The number of thioether (sulfide) groups is 1. The van der Waals surface area contributed by atoms with Crippen molar-refractivity contribution in [3.05, 3.63) is 47.3 Å². The molecule has 2 aromatic heterocycles. The van der Waals surface area contributed by atoms with Crippen LogP contribution in [0.5, 0.6) is 0 Å². The van der Waals surface area contributed by atoms with E-state index in [2.05, 4.69) is 14.9 Å². The van der Waals surface area contributed by atoms with E-state index < -0.39 is 10.0 Å². The van der Waals surface area contributed by atoms with Gasteiger partial charge in [-0.25, -0.2) is 8.42 Å². The van der Waals surface area contributed by atoms with E-state index in [1.807, 2.05) is 35.9 Å². The Labute approximate surface area is 172 Å². The van der Waals surface area contributed by atoms with Gasteiger partial charge in [-0.1, -0.05) is 17.8 Å². The monoisotopic (exact) mass is 436 g/mol. The molecule has 7 nitrogen and oxygen atoms in total. The molecule has 0 amide bonds. The van der Waals surface area contributed by atoms with Crippen molar-refractivity contribution in [2.24, 2.45) is 0 Å². The molecule has 0 saturated carbocycles. The number of nitrogens with one attached hydrogen (secondary N) is 1. The Bertz CT molecular complexity index is 1060. The minimum absolute atomic E-state index is 0.0563. The lowest BCUT2D eigenvalue weighted by atomic mass is 10.1. The number of thiophene rings is 1. The van der Waals surface area contributed by atoms with Crippen molar-refractivity contribution < 1.29 is 13.2 Å². The fraction of sp³-hybridized carbons (Fsp3) is 0.278. The lowest BCUT2D eigenvalue weighted by Crippen LogP contribution is -2.15. The zero-order valence-electron chi connectivity index (χ0n) is 15.6. The van der Waals surface area contributed by atoms with Crippen molar-refractivity contribution in [2.75, 3.05) is 11.0 Å². The van der Waals surface area contributed by atoms with E-state index in [9.17, 15) is 13.2 Å². The first-order valence-electron chi connectivity index (χ1n) is 8.54. The molecule has 2 heterocycles. The normalized spacial score (nSPS) is 12.7. The molecule has 0 bridgehead atoms. The molecule has 1 aromatic carbocycles. The van der Waals surface area contributed by atoms with Crippen LogP contribution in [0.1, 0.15) is 24.2 Å². The second-order valence-corrected chi connectivity index (χ2v) is 10.1. The number of benzene rings is 1. The predicted octanol–water partition coefficient (Wildman–Crippen LogP) is 3.76. The summed E-state index contributed by atoms with van der Waals surface area (Å²) in [7, 11) is -3.35. The van der Waals surface area contributed by atoms with Crippen LogP contribution >= 0.6 is 23.1 Å². The fourth-order valence-corrected chi connectivity index (χ4v) is 4.88. The van der Waals surface area contributed by atoms with Crippen LogP contribution in [0.3, 0.4) is 0 Å². The highest BCUT2D eigenvalue weighted by Crippen LogP contribution is 2.30. The van der Waals surface area contributed by atoms with Crippen LogP contribution in [0.4, 0.5) is 5.69 Å². The van der Waals surface area contributed by atoms with Gasteiger partial charge in [0.15, 0.2) is 16.8 Å². The minimum Gasteiger partial charge on any atom is -0.302 e. The third kappa shape index (κ3) is 4.81. The molecule has 0 radical (unpaired) electrons. The maximum atomic E-state index is 12.8. The average Bonchev–Trinajstić information content (AvgIpc) is 3.29. The van der Waals surface area contributed by atoms with Gasteiger partial charge in [-0.2, -0.15) is 0 Å². The lowest BCUT2D eigenvalue weighted by Gasteiger charge is -2.12. The number of rotatable bonds is 8. The van der Waals surface area contributed by atoms with E-state index in [0.717, 1.165) is 17.0 Å². The first-order chi connectivity index (χ1) is 13.3. The van der Waals surface area contributed by atoms with Gasteiger partial charge in [-0.3, -0.25) is 9.52 Å². The fourth-order valence-electron chi connectivity index (χ4n) is 2.61. The molecule has 3 rings (SSSR count). The number of carbonyl (C=O) groups is 1. The summed E-state index contributed by atoms with van der Waals surface area (Å²) in [5.74, 6) is 0.745. The Morgan fingerprint density at radius 1 is 1.25 bits per heavy atom. The summed E-state index contributed by atoms with van der Waals surface area (Å²) in [5.41, 5.74) is 0.936. The van der Waals surface area contributed by atoms with Gasteiger partial charge < -0.3 is 4.57 Å². The van der Waals surface area contributed by atoms with Crippen LogP contribution in [-0.4, -0.2) is 40.5 Å². The lowest BCUT2D eigenvalue weighted by molar-refractivity contribution is 0.0994. The smallest absolute Gasteiger partial charge is 0.229 e. The third-order valence-electron chi connectivity index (χ3n) is 3.90. The molecule has 0 saturated heterocycles. The summed E-state index contributed by atoms with van der Waals surface area (Å²) in [6.07, 6.45) is 1.08. The van der Waals surface area contributed by atoms with Gasteiger partial charge in [0.05, 0.1) is 16.4 Å². The van der Waals surface area contributed by atoms with Crippen LogP contribution < -0.4 is 4.72 Å². The molecular weight excluding hydrogens is 416 g/mol. The summed E-state index contributed by atoms with van der Waals surface area (Å²) in [5, 5.41) is 10.9. The Morgan fingerprint density at radius 2 is 1.96 bits per heavy atom. The molecule has 0 aliphatic heterocycles. The van der Waals surface area contributed by atoms with E-state index in [-0.39, 0.29) is 11.0 Å². The molecule has 1 atom stereocenters. The van der Waals surface area contributed by atoms with Crippen molar-refractivity contribution in [1.82, 2.24) is 14.8 Å². The third-order valence-corrected chi connectivity index (χ3v) is 6.45. The first-order valence-corrected chi connectivity index (χ1v) is 12.2. The SMILES string of the molecule is CCn1c(S[C@@H](C)C(=O)c2ccc(NS(C)(=O)=O)cc2)nnc1-c1cccs1. The van der Waals surface area contributed by atoms with Gasteiger partial charge in [-0.15, -0.1) is 21.5 Å². The van der Waals surface area contributed by atoms with Gasteiger partial charge in [0.1, 0.15) is 0 Å². The summed E-state index contributed by atoms with van der Waals surface area (Å²) in [6.45, 7) is 4.55. The van der Waals surface area contributed by atoms with E-state index in [1.165, 1.54) is 11.8 Å². The number of nitrogens with zero attached hydrogens (tertiary/aromatic N) is 3. The molecule has 3 aromatic rings. The number of aromatic nitrogens is 3. The van der Waals surface area contributed by atoms with E-state index >= 15 is 0 Å². The topological polar surface area (TPSA) is 94.0 Å². The van der Waals surface area contributed by atoms with Crippen molar-refractivity contribution in [2.45, 2.75) is 30.8 Å². The Hall–Kier alpha value is -2.17. The molecule has 0 aliphatic carbocycles. The highest BCUT2D eigenvalue weighted by molar-refractivity contribution is 8.00. The maximum absolute atomic E-state index is 12.8.